The van der Waals surface area contributed by atoms with Gasteiger partial charge in [-0.3, -0.25) is 0 Å². The van der Waals surface area contributed by atoms with Crippen LogP contribution in [0.4, 0.5) is 8.78 Å². The van der Waals surface area contributed by atoms with E-state index in [2.05, 4.69) is 5.32 Å². The molecule has 1 N–H and O–H groups in total. The van der Waals surface area contributed by atoms with Crippen molar-refractivity contribution in [2.45, 2.75) is 31.6 Å². The zero-order chi connectivity index (χ0) is 9.10. The second kappa shape index (κ2) is 2.25. The molecule has 2 saturated carbocycles. The molecular formula is C10H15F2N. The number of nitrogens with one attached hydrogen (secondary N) is 1. The van der Waals surface area contributed by atoms with Crippen LogP contribution in [0, 0.1) is 17.3 Å². The molecule has 0 aromatic rings. The number of halogens is 2. The quantitative estimate of drug-likeness (QED) is 0.662. The molecule has 0 amide bonds. The molecule has 0 aromatic carbocycles. The maximum absolute atomic E-state index is 13.5. The molecule has 2 aliphatic carbocycles. The molecule has 1 saturated heterocycles. The van der Waals surface area contributed by atoms with Gasteiger partial charge in [-0.05, 0) is 18.8 Å². The van der Waals surface area contributed by atoms with Gasteiger partial charge in [-0.15, -0.1) is 0 Å². The van der Waals surface area contributed by atoms with Crippen molar-refractivity contribution < 1.29 is 8.78 Å². The number of hydrogen-bond acceptors (Lipinski definition) is 1. The topological polar surface area (TPSA) is 12.0 Å². The molecule has 3 rings (SSSR count). The van der Waals surface area contributed by atoms with Crippen LogP contribution >= 0.6 is 0 Å². The molecule has 1 spiro atoms. The first-order valence-electron chi connectivity index (χ1n) is 5.27. The Morgan fingerprint density at radius 1 is 1.08 bits per heavy atom. The third-order valence-electron chi connectivity index (χ3n) is 4.32. The molecule has 1 aliphatic heterocycles. The largest absolute Gasteiger partial charge is 0.315 e. The predicted octanol–water partition coefficient (Wildman–Crippen LogP) is 2.03. The first-order chi connectivity index (χ1) is 6.18. The van der Waals surface area contributed by atoms with Gasteiger partial charge in [0.1, 0.15) is 0 Å². The van der Waals surface area contributed by atoms with E-state index in [1.165, 1.54) is 12.8 Å². The summed E-state index contributed by atoms with van der Waals surface area (Å²) in [6, 6.07) is 0. The number of rotatable bonds is 1. The van der Waals surface area contributed by atoms with Crippen molar-refractivity contribution in [2.75, 3.05) is 13.1 Å². The molecule has 0 bridgehead atoms. The minimum Gasteiger partial charge on any atom is -0.315 e. The minimum absolute atomic E-state index is 0.274. The van der Waals surface area contributed by atoms with E-state index in [4.69, 9.17) is 0 Å². The molecule has 3 fully saturated rings. The van der Waals surface area contributed by atoms with Crippen LogP contribution in [0.1, 0.15) is 25.7 Å². The average Bonchev–Trinajstić information content (AvgIpc) is 2.46. The van der Waals surface area contributed by atoms with E-state index in [1.54, 1.807) is 0 Å². The van der Waals surface area contributed by atoms with Crippen LogP contribution in [0.2, 0.25) is 0 Å². The minimum atomic E-state index is -2.34. The Hall–Kier alpha value is -0.180. The molecule has 3 aliphatic rings. The van der Waals surface area contributed by atoms with Crippen molar-refractivity contribution in [1.29, 1.82) is 0 Å². The van der Waals surface area contributed by atoms with Gasteiger partial charge in [-0.1, -0.05) is 12.8 Å². The van der Waals surface area contributed by atoms with Crippen molar-refractivity contribution in [3.63, 3.8) is 0 Å². The zero-order valence-electron chi connectivity index (χ0n) is 7.65. The van der Waals surface area contributed by atoms with Gasteiger partial charge in [-0.25, -0.2) is 8.78 Å². The molecule has 13 heavy (non-hydrogen) atoms. The molecule has 1 atom stereocenters. The van der Waals surface area contributed by atoms with Crippen molar-refractivity contribution in [2.24, 2.45) is 17.3 Å². The van der Waals surface area contributed by atoms with Crippen LogP contribution in [-0.2, 0) is 0 Å². The summed E-state index contributed by atoms with van der Waals surface area (Å²) in [6.07, 6.45) is 4.42. The summed E-state index contributed by atoms with van der Waals surface area (Å²) in [7, 11) is 0. The third kappa shape index (κ3) is 0.797. The van der Waals surface area contributed by atoms with E-state index < -0.39 is 11.3 Å². The first-order valence-corrected chi connectivity index (χ1v) is 5.27. The van der Waals surface area contributed by atoms with Crippen LogP contribution in [0.15, 0.2) is 0 Å². The summed E-state index contributed by atoms with van der Waals surface area (Å²) in [6.45, 7) is 1.11. The van der Waals surface area contributed by atoms with Gasteiger partial charge in [0.25, 0.3) is 5.92 Å². The van der Waals surface area contributed by atoms with Gasteiger partial charge in [0, 0.05) is 19.0 Å². The lowest BCUT2D eigenvalue weighted by Crippen LogP contribution is -2.48. The highest BCUT2D eigenvalue weighted by Crippen LogP contribution is 2.72. The van der Waals surface area contributed by atoms with Crippen molar-refractivity contribution >= 4 is 0 Å². The fourth-order valence-corrected chi connectivity index (χ4v) is 3.43. The summed E-state index contributed by atoms with van der Waals surface area (Å²) in [5, 5.41) is 2.99. The molecule has 1 heterocycles. The van der Waals surface area contributed by atoms with Gasteiger partial charge in [0.2, 0.25) is 0 Å². The van der Waals surface area contributed by atoms with Gasteiger partial charge in [-0.2, -0.15) is 0 Å². The SMILES string of the molecule is FC1(F)C(C2CCCC2)C12CNC2. The highest BCUT2D eigenvalue weighted by molar-refractivity contribution is 5.25. The first kappa shape index (κ1) is 8.16. The smallest absolute Gasteiger partial charge is 0.260 e. The number of hydrogen-bond donors (Lipinski definition) is 1. The van der Waals surface area contributed by atoms with Crippen LogP contribution in [0.5, 0.6) is 0 Å². The molecule has 0 aromatic heterocycles. The fourth-order valence-electron chi connectivity index (χ4n) is 3.43. The van der Waals surface area contributed by atoms with E-state index in [0.29, 0.717) is 19.0 Å². The Kier molecular flexibility index (Phi) is 1.41. The third-order valence-corrected chi connectivity index (χ3v) is 4.32. The van der Waals surface area contributed by atoms with Crippen molar-refractivity contribution in [1.82, 2.24) is 5.32 Å². The molecule has 1 unspecified atom stereocenters. The molecule has 0 radical (unpaired) electrons. The van der Waals surface area contributed by atoms with E-state index in [0.717, 1.165) is 12.8 Å². The second-order valence-electron chi connectivity index (χ2n) is 4.90. The normalized spacial score (nSPS) is 40.6. The molecule has 3 heteroatoms. The van der Waals surface area contributed by atoms with Crippen molar-refractivity contribution in [3.8, 4) is 0 Å². The Bertz CT molecular complexity index is 229. The van der Waals surface area contributed by atoms with Gasteiger partial charge < -0.3 is 5.32 Å². The number of alkyl halides is 2. The summed E-state index contributed by atoms with van der Waals surface area (Å²) in [5.41, 5.74) is -0.595. The zero-order valence-corrected chi connectivity index (χ0v) is 7.65. The van der Waals surface area contributed by atoms with Gasteiger partial charge in [0.05, 0.1) is 5.41 Å². The predicted molar refractivity (Wildman–Crippen MR) is 45.7 cm³/mol. The Labute approximate surface area is 76.9 Å². The lowest BCUT2D eigenvalue weighted by Gasteiger charge is -2.28. The van der Waals surface area contributed by atoms with Gasteiger partial charge >= 0.3 is 0 Å². The summed E-state index contributed by atoms with van der Waals surface area (Å²) in [5.74, 6) is -2.28. The second-order valence-corrected chi connectivity index (χ2v) is 4.90. The Morgan fingerprint density at radius 2 is 1.69 bits per heavy atom. The van der Waals surface area contributed by atoms with Crippen LogP contribution in [0.25, 0.3) is 0 Å². The molecule has 74 valence electrons. The average molecular weight is 187 g/mol. The van der Waals surface area contributed by atoms with Crippen LogP contribution < -0.4 is 5.32 Å². The highest BCUT2D eigenvalue weighted by atomic mass is 19.3. The van der Waals surface area contributed by atoms with E-state index in [-0.39, 0.29) is 5.92 Å². The van der Waals surface area contributed by atoms with Crippen LogP contribution in [0.3, 0.4) is 0 Å². The fraction of sp³-hybridized carbons (Fsp3) is 1.00. The van der Waals surface area contributed by atoms with E-state index in [1.807, 2.05) is 0 Å². The standard InChI is InChI=1S/C10H15F2N/c11-10(12)8(7-3-1-2-4-7)9(10)5-13-6-9/h7-8,13H,1-6H2. The lowest BCUT2D eigenvalue weighted by molar-refractivity contribution is 0.0359. The summed E-state index contributed by atoms with van der Waals surface area (Å²) >= 11 is 0. The Morgan fingerprint density at radius 3 is 2.08 bits per heavy atom. The maximum Gasteiger partial charge on any atom is 0.260 e. The summed E-state index contributed by atoms with van der Waals surface area (Å²) < 4.78 is 27.0. The van der Waals surface area contributed by atoms with Crippen molar-refractivity contribution in [3.05, 3.63) is 0 Å². The highest BCUT2D eigenvalue weighted by Gasteiger charge is 2.83. The lowest BCUT2D eigenvalue weighted by atomic mass is 9.89. The van der Waals surface area contributed by atoms with E-state index in [9.17, 15) is 8.78 Å². The van der Waals surface area contributed by atoms with E-state index >= 15 is 0 Å². The monoisotopic (exact) mass is 187 g/mol. The Balaban J connectivity index is 1.78. The molecular weight excluding hydrogens is 172 g/mol. The maximum atomic E-state index is 13.5. The van der Waals surface area contributed by atoms with Gasteiger partial charge in [0.15, 0.2) is 0 Å². The molecule has 1 nitrogen and oxygen atoms in total. The summed E-state index contributed by atoms with van der Waals surface area (Å²) in [4.78, 5) is 0. The van der Waals surface area contributed by atoms with Crippen LogP contribution in [-0.4, -0.2) is 19.0 Å².